The molecule has 0 saturated carbocycles. The molecule has 5 nitrogen and oxygen atoms in total. The van der Waals surface area contributed by atoms with Crippen LogP contribution in [0.25, 0.3) is 11.0 Å². The quantitative estimate of drug-likeness (QED) is 0.532. The molecule has 0 radical (unpaired) electrons. The molecule has 3 aromatic rings. The number of aromatic nitrogens is 2. The highest BCUT2D eigenvalue weighted by Crippen LogP contribution is 2.28. The molecule has 21 heavy (non-hydrogen) atoms. The number of nitro benzene ring substituents is 1. The minimum atomic E-state index is -0.464. The van der Waals surface area contributed by atoms with Crippen molar-refractivity contribution in [3.8, 4) is 0 Å². The number of hydrogen-bond donors (Lipinski definition) is 0. The molecule has 0 N–H and O–H groups in total. The fraction of sp³-hybridized carbons (Fsp3) is 0.0714. The third-order valence-corrected chi connectivity index (χ3v) is 3.74. The maximum absolute atomic E-state index is 13.3. The Morgan fingerprint density at radius 2 is 2.05 bits per heavy atom. The normalized spacial score (nSPS) is 11.0. The summed E-state index contributed by atoms with van der Waals surface area (Å²) in [5, 5.41) is 11.0. The topological polar surface area (TPSA) is 61.0 Å². The number of fused-ring (bicyclic) bond motifs is 1. The van der Waals surface area contributed by atoms with Crippen LogP contribution >= 0.6 is 15.9 Å². The molecule has 0 amide bonds. The Kier molecular flexibility index (Phi) is 3.42. The maximum Gasteiger partial charge on any atom is 0.297 e. The number of non-ortho nitro benzene ring substituents is 1. The van der Waals surface area contributed by atoms with Gasteiger partial charge in [-0.2, -0.15) is 0 Å². The highest BCUT2D eigenvalue weighted by molar-refractivity contribution is 9.10. The predicted molar refractivity (Wildman–Crippen MR) is 79.6 cm³/mol. The number of benzene rings is 2. The van der Waals surface area contributed by atoms with Crippen LogP contribution < -0.4 is 0 Å². The van der Waals surface area contributed by atoms with Crippen LogP contribution in [0.1, 0.15) is 5.56 Å². The summed E-state index contributed by atoms with van der Waals surface area (Å²) in [5.41, 5.74) is 1.64. The van der Waals surface area contributed by atoms with Crippen molar-refractivity contribution in [3.05, 3.63) is 68.7 Å². The average molecular weight is 350 g/mol. The molecule has 1 aromatic heterocycles. The molecule has 0 aliphatic carbocycles. The number of hydrogen-bond acceptors (Lipinski definition) is 3. The van der Waals surface area contributed by atoms with Crippen molar-refractivity contribution >= 4 is 32.7 Å². The first kappa shape index (κ1) is 13.7. The minimum absolute atomic E-state index is 0.0498. The Bertz CT molecular complexity index is 847. The molecule has 0 spiro atoms. The molecule has 1 heterocycles. The zero-order valence-corrected chi connectivity index (χ0v) is 12.2. The van der Waals surface area contributed by atoms with E-state index in [2.05, 4.69) is 20.9 Å². The standard InChI is InChI=1S/C14H9BrFN3O2/c15-14-17-13-11(5-2-6-12(13)19(20)21)18(14)8-9-3-1-4-10(16)7-9/h1-7H,8H2. The highest BCUT2D eigenvalue weighted by atomic mass is 79.9. The van der Waals surface area contributed by atoms with Gasteiger partial charge in [0.1, 0.15) is 5.82 Å². The molecular formula is C14H9BrFN3O2. The zero-order valence-electron chi connectivity index (χ0n) is 10.7. The number of nitro groups is 1. The second-order valence-electron chi connectivity index (χ2n) is 4.50. The maximum atomic E-state index is 13.3. The number of para-hydroxylation sites is 1. The van der Waals surface area contributed by atoms with E-state index in [4.69, 9.17) is 0 Å². The van der Waals surface area contributed by atoms with Gasteiger partial charge in [0.2, 0.25) is 0 Å². The first-order valence-corrected chi connectivity index (χ1v) is 6.89. The summed E-state index contributed by atoms with van der Waals surface area (Å²) in [5.74, 6) is -0.320. The zero-order chi connectivity index (χ0) is 15.0. The average Bonchev–Trinajstić information content (AvgIpc) is 2.75. The number of nitrogens with zero attached hydrogens (tertiary/aromatic N) is 3. The largest absolute Gasteiger partial charge is 0.314 e. The summed E-state index contributed by atoms with van der Waals surface area (Å²) in [6, 6.07) is 11.0. The van der Waals surface area contributed by atoms with Crippen LogP contribution in [0.4, 0.5) is 10.1 Å². The number of imidazole rings is 1. The molecule has 2 aromatic carbocycles. The van der Waals surface area contributed by atoms with E-state index in [0.717, 1.165) is 5.56 Å². The van der Waals surface area contributed by atoms with Gasteiger partial charge in [0, 0.05) is 6.07 Å². The molecule has 0 unspecified atom stereocenters. The summed E-state index contributed by atoms with van der Waals surface area (Å²) in [6.07, 6.45) is 0. The molecule has 7 heteroatoms. The summed E-state index contributed by atoms with van der Waals surface area (Å²) in [7, 11) is 0. The molecule has 0 saturated heterocycles. The molecule has 0 aliphatic rings. The van der Waals surface area contributed by atoms with Gasteiger partial charge in [0.25, 0.3) is 5.69 Å². The third-order valence-electron chi connectivity index (χ3n) is 3.14. The Balaban J connectivity index is 2.13. The molecule has 0 bridgehead atoms. The lowest BCUT2D eigenvalue weighted by Crippen LogP contribution is -2.00. The van der Waals surface area contributed by atoms with Gasteiger partial charge < -0.3 is 4.57 Å². The summed E-state index contributed by atoms with van der Waals surface area (Å²) < 4.78 is 15.5. The minimum Gasteiger partial charge on any atom is -0.314 e. The van der Waals surface area contributed by atoms with Crippen molar-refractivity contribution in [1.82, 2.24) is 9.55 Å². The van der Waals surface area contributed by atoms with E-state index in [1.54, 1.807) is 28.8 Å². The van der Waals surface area contributed by atoms with Gasteiger partial charge in [0.05, 0.1) is 17.0 Å². The van der Waals surface area contributed by atoms with E-state index in [0.29, 0.717) is 22.3 Å². The first-order valence-electron chi connectivity index (χ1n) is 6.10. The van der Waals surface area contributed by atoms with Crippen LogP contribution in [0, 0.1) is 15.9 Å². The van der Waals surface area contributed by atoms with Crippen LogP contribution in [0.3, 0.4) is 0 Å². The SMILES string of the molecule is O=[N+]([O-])c1cccc2c1nc(Br)n2Cc1cccc(F)c1. The van der Waals surface area contributed by atoms with E-state index in [-0.39, 0.29) is 11.5 Å². The van der Waals surface area contributed by atoms with Crippen molar-refractivity contribution in [2.24, 2.45) is 0 Å². The monoisotopic (exact) mass is 349 g/mol. The van der Waals surface area contributed by atoms with Gasteiger partial charge in [-0.25, -0.2) is 9.37 Å². The third kappa shape index (κ3) is 2.52. The lowest BCUT2D eigenvalue weighted by atomic mass is 10.2. The molecule has 106 valence electrons. The Labute approximate surface area is 127 Å². The van der Waals surface area contributed by atoms with Crippen molar-refractivity contribution in [2.45, 2.75) is 6.54 Å². The second kappa shape index (κ2) is 5.25. The molecule has 0 atom stereocenters. The smallest absolute Gasteiger partial charge is 0.297 e. The van der Waals surface area contributed by atoms with Gasteiger partial charge in [-0.15, -0.1) is 0 Å². The lowest BCUT2D eigenvalue weighted by Gasteiger charge is -2.06. The van der Waals surface area contributed by atoms with Crippen LogP contribution in [0.2, 0.25) is 0 Å². The molecule has 0 aliphatic heterocycles. The van der Waals surface area contributed by atoms with E-state index >= 15 is 0 Å². The fourth-order valence-corrected chi connectivity index (χ4v) is 2.71. The highest BCUT2D eigenvalue weighted by Gasteiger charge is 2.18. The van der Waals surface area contributed by atoms with Crippen LogP contribution in [0.5, 0.6) is 0 Å². The number of halogens is 2. The summed E-state index contributed by atoms with van der Waals surface area (Å²) in [6.45, 7) is 0.371. The van der Waals surface area contributed by atoms with Crippen molar-refractivity contribution in [2.75, 3.05) is 0 Å². The van der Waals surface area contributed by atoms with E-state index in [1.807, 2.05) is 0 Å². The van der Waals surface area contributed by atoms with E-state index in [1.165, 1.54) is 18.2 Å². The lowest BCUT2D eigenvalue weighted by molar-refractivity contribution is -0.383. The van der Waals surface area contributed by atoms with Crippen molar-refractivity contribution < 1.29 is 9.31 Å². The van der Waals surface area contributed by atoms with E-state index in [9.17, 15) is 14.5 Å². The van der Waals surface area contributed by atoms with Crippen LogP contribution in [0.15, 0.2) is 47.2 Å². The summed E-state index contributed by atoms with van der Waals surface area (Å²) in [4.78, 5) is 14.8. The molecular weight excluding hydrogens is 341 g/mol. The first-order chi connectivity index (χ1) is 10.1. The van der Waals surface area contributed by atoms with Gasteiger partial charge in [0.15, 0.2) is 10.3 Å². The van der Waals surface area contributed by atoms with Gasteiger partial charge in [-0.3, -0.25) is 10.1 Å². The van der Waals surface area contributed by atoms with Gasteiger partial charge in [-0.05, 0) is 39.7 Å². The Morgan fingerprint density at radius 3 is 2.76 bits per heavy atom. The second-order valence-corrected chi connectivity index (χ2v) is 5.21. The van der Waals surface area contributed by atoms with E-state index < -0.39 is 4.92 Å². The van der Waals surface area contributed by atoms with Crippen LogP contribution in [-0.4, -0.2) is 14.5 Å². The molecule has 3 rings (SSSR count). The van der Waals surface area contributed by atoms with Crippen molar-refractivity contribution in [3.63, 3.8) is 0 Å². The fourth-order valence-electron chi connectivity index (χ4n) is 2.22. The predicted octanol–water partition coefficient (Wildman–Crippen LogP) is 3.89. The van der Waals surface area contributed by atoms with Crippen molar-refractivity contribution in [1.29, 1.82) is 0 Å². The van der Waals surface area contributed by atoms with Gasteiger partial charge in [-0.1, -0.05) is 18.2 Å². The molecule has 0 fully saturated rings. The number of rotatable bonds is 3. The van der Waals surface area contributed by atoms with Gasteiger partial charge >= 0.3 is 0 Å². The Hall–Kier alpha value is -2.28. The van der Waals surface area contributed by atoms with Crippen LogP contribution in [-0.2, 0) is 6.54 Å². The Morgan fingerprint density at radius 1 is 1.29 bits per heavy atom. The summed E-state index contributed by atoms with van der Waals surface area (Å²) >= 11 is 3.30.